The molecule has 1 saturated heterocycles. The molecule has 1 unspecified atom stereocenters. The second-order valence-electron chi connectivity index (χ2n) is 5.26. The summed E-state index contributed by atoms with van der Waals surface area (Å²) < 4.78 is 0. The lowest BCUT2D eigenvalue weighted by Crippen LogP contribution is -2.27. The van der Waals surface area contributed by atoms with Crippen LogP contribution in [0.15, 0.2) is 18.2 Å². The Labute approximate surface area is 131 Å². The molecular formula is C15H22ClN3O2. The van der Waals surface area contributed by atoms with Gasteiger partial charge in [0, 0.05) is 30.8 Å². The molecule has 1 aliphatic heterocycles. The van der Waals surface area contributed by atoms with E-state index < -0.39 is 0 Å². The number of nitrogens with one attached hydrogen (secondary N) is 3. The molecule has 1 atom stereocenters. The first kappa shape index (κ1) is 17.5. The van der Waals surface area contributed by atoms with Crippen LogP contribution >= 0.6 is 12.4 Å². The monoisotopic (exact) mass is 311 g/mol. The molecule has 0 aliphatic carbocycles. The van der Waals surface area contributed by atoms with E-state index in [9.17, 15) is 9.59 Å². The molecule has 0 spiro atoms. The molecule has 1 aromatic carbocycles. The maximum Gasteiger partial charge on any atom is 0.225 e. The van der Waals surface area contributed by atoms with Crippen molar-refractivity contribution in [1.82, 2.24) is 5.32 Å². The zero-order valence-electron chi connectivity index (χ0n) is 12.4. The molecule has 21 heavy (non-hydrogen) atoms. The summed E-state index contributed by atoms with van der Waals surface area (Å²) in [5.74, 6) is -0.117. The molecular weight excluding hydrogens is 290 g/mol. The van der Waals surface area contributed by atoms with Gasteiger partial charge in [0.05, 0.1) is 0 Å². The van der Waals surface area contributed by atoms with Crippen molar-refractivity contribution < 1.29 is 9.59 Å². The minimum Gasteiger partial charge on any atom is -0.326 e. The third-order valence-corrected chi connectivity index (χ3v) is 3.43. The molecule has 0 aromatic heterocycles. The first-order valence-electron chi connectivity index (χ1n) is 6.96. The molecule has 1 aromatic rings. The van der Waals surface area contributed by atoms with Crippen molar-refractivity contribution >= 4 is 35.6 Å². The summed E-state index contributed by atoms with van der Waals surface area (Å²) in [6.45, 7) is 4.38. The van der Waals surface area contributed by atoms with Gasteiger partial charge in [0.15, 0.2) is 0 Å². The number of anilines is 2. The lowest BCUT2D eigenvalue weighted by atomic mass is 10.1. The number of aryl methyl sites for hydroxylation is 1. The Morgan fingerprint density at radius 3 is 2.71 bits per heavy atom. The minimum atomic E-state index is -0.119. The van der Waals surface area contributed by atoms with Crippen molar-refractivity contribution in [3.63, 3.8) is 0 Å². The lowest BCUT2D eigenvalue weighted by Gasteiger charge is -2.12. The van der Waals surface area contributed by atoms with Gasteiger partial charge < -0.3 is 16.0 Å². The molecule has 1 fully saturated rings. The molecule has 0 bridgehead atoms. The average Bonchev–Trinajstić information content (AvgIpc) is 2.85. The summed E-state index contributed by atoms with van der Waals surface area (Å²) in [7, 11) is 0. The van der Waals surface area contributed by atoms with Crippen molar-refractivity contribution in [3.8, 4) is 0 Å². The topological polar surface area (TPSA) is 70.2 Å². The number of benzene rings is 1. The summed E-state index contributed by atoms with van der Waals surface area (Å²) in [6.07, 6.45) is 2.68. The second-order valence-corrected chi connectivity index (χ2v) is 5.26. The van der Waals surface area contributed by atoms with Gasteiger partial charge >= 0.3 is 0 Å². The third-order valence-electron chi connectivity index (χ3n) is 3.43. The summed E-state index contributed by atoms with van der Waals surface area (Å²) >= 11 is 0. The number of carbonyl (C=O) groups excluding carboxylic acids is 2. The van der Waals surface area contributed by atoms with Gasteiger partial charge in [-0.25, -0.2) is 0 Å². The molecule has 6 heteroatoms. The first-order chi connectivity index (χ1) is 9.54. The van der Waals surface area contributed by atoms with Gasteiger partial charge in [-0.1, -0.05) is 6.07 Å². The Balaban J connectivity index is 0.00000220. The number of halogens is 1. The van der Waals surface area contributed by atoms with Crippen molar-refractivity contribution in [2.24, 2.45) is 0 Å². The number of carbonyl (C=O) groups is 2. The SMILES string of the molecule is CC(=O)Nc1cc(NC(=O)CC2CCCN2)ccc1C.Cl. The molecule has 0 radical (unpaired) electrons. The molecule has 1 aliphatic rings. The maximum atomic E-state index is 11.9. The van der Waals surface area contributed by atoms with Gasteiger partial charge in [-0.15, -0.1) is 12.4 Å². The highest BCUT2D eigenvalue weighted by Gasteiger charge is 2.17. The van der Waals surface area contributed by atoms with Crippen LogP contribution in [-0.2, 0) is 9.59 Å². The smallest absolute Gasteiger partial charge is 0.225 e. The number of amides is 2. The molecule has 2 amide bonds. The van der Waals surface area contributed by atoms with E-state index in [1.54, 1.807) is 6.07 Å². The van der Waals surface area contributed by atoms with Gasteiger partial charge in [0.2, 0.25) is 11.8 Å². The first-order valence-corrected chi connectivity index (χ1v) is 6.96. The fraction of sp³-hybridized carbons (Fsp3) is 0.467. The molecule has 0 saturated carbocycles. The van der Waals surface area contributed by atoms with E-state index >= 15 is 0 Å². The van der Waals surface area contributed by atoms with Crippen LogP contribution < -0.4 is 16.0 Å². The van der Waals surface area contributed by atoms with Crippen LogP contribution in [0, 0.1) is 6.92 Å². The van der Waals surface area contributed by atoms with Crippen molar-refractivity contribution in [1.29, 1.82) is 0 Å². The van der Waals surface area contributed by atoms with Crippen LogP contribution in [0.1, 0.15) is 31.7 Å². The predicted molar refractivity (Wildman–Crippen MR) is 87.0 cm³/mol. The molecule has 2 rings (SSSR count). The Morgan fingerprint density at radius 1 is 1.33 bits per heavy atom. The van der Waals surface area contributed by atoms with Crippen LogP contribution in [0.3, 0.4) is 0 Å². The van der Waals surface area contributed by atoms with E-state index in [4.69, 9.17) is 0 Å². The van der Waals surface area contributed by atoms with Gasteiger partial charge in [-0.3, -0.25) is 9.59 Å². The molecule has 1 heterocycles. The summed E-state index contributed by atoms with van der Waals surface area (Å²) in [5, 5.41) is 8.94. The zero-order chi connectivity index (χ0) is 14.5. The van der Waals surface area contributed by atoms with E-state index in [1.165, 1.54) is 6.92 Å². The van der Waals surface area contributed by atoms with Crippen LogP contribution in [0.5, 0.6) is 0 Å². The van der Waals surface area contributed by atoms with Crippen LogP contribution in [0.2, 0.25) is 0 Å². The van der Waals surface area contributed by atoms with Crippen molar-refractivity contribution in [2.45, 2.75) is 39.2 Å². The van der Waals surface area contributed by atoms with Crippen LogP contribution in [0.4, 0.5) is 11.4 Å². The highest BCUT2D eigenvalue weighted by Crippen LogP contribution is 2.21. The lowest BCUT2D eigenvalue weighted by molar-refractivity contribution is -0.116. The summed E-state index contributed by atoms with van der Waals surface area (Å²) in [6, 6.07) is 5.81. The Bertz CT molecular complexity index is 514. The summed E-state index contributed by atoms with van der Waals surface area (Å²) in [4.78, 5) is 23.1. The standard InChI is InChI=1S/C15H21N3O2.ClH/c1-10-5-6-13(8-14(10)17-11(2)19)18-15(20)9-12-4-3-7-16-12;/h5-6,8,12,16H,3-4,7,9H2,1-2H3,(H,17,19)(H,18,20);1H. The van der Waals surface area contributed by atoms with Gasteiger partial charge in [0.1, 0.15) is 0 Å². The summed E-state index contributed by atoms with van der Waals surface area (Å²) in [5.41, 5.74) is 2.41. The highest BCUT2D eigenvalue weighted by molar-refractivity contribution is 5.94. The van der Waals surface area contributed by atoms with E-state index in [0.29, 0.717) is 12.1 Å². The Kier molecular flexibility index (Phi) is 6.65. The average molecular weight is 312 g/mol. The highest BCUT2D eigenvalue weighted by atomic mass is 35.5. The Morgan fingerprint density at radius 2 is 2.10 bits per heavy atom. The largest absolute Gasteiger partial charge is 0.326 e. The number of hydrogen-bond acceptors (Lipinski definition) is 3. The Hall–Kier alpha value is -1.59. The maximum absolute atomic E-state index is 11.9. The molecule has 3 N–H and O–H groups in total. The number of rotatable bonds is 4. The van der Waals surface area contributed by atoms with E-state index in [-0.39, 0.29) is 30.3 Å². The van der Waals surface area contributed by atoms with Gasteiger partial charge in [0.25, 0.3) is 0 Å². The van der Waals surface area contributed by atoms with Gasteiger partial charge in [-0.2, -0.15) is 0 Å². The van der Waals surface area contributed by atoms with E-state index in [1.807, 2.05) is 19.1 Å². The van der Waals surface area contributed by atoms with Crippen LogP contribution in [-0.4, -0.2) is 24.4 Å². The fourth-order valence-electron chi connectivity index (χ4n) is 2.39. The van der Waals surface area contributed by atoms with Crippen molar-refractivity contribution in [3.05, 3.63) is 23.8 Å². The second kappa shape index (κ2) is 8.00. The van der Waals surface area contributed by atoms with E-state index in [0.717, 1.165) is 30.6 Å². The third kappa shape index (κ3) is 5.36. The van der Waals surface area contributed by atoms with E-state index in [2.05, 4.69) is 16.0 Å². The van der Waals surface area contributed by atoms with Crippen LogP contribution in [0.25, 0.3) is 0 Å². The number of hydrogen-bond donors (Lipinski definition) is 3. The zero-order valence-corrected chi connectivity index (χ0v) is 13.2. The van der Waals surface area contributed by atoms with Crippen molar-refractivity contribution in [2.75, 3.05) is 17.2 Å². The molecule has 116 valence electrons. The quantitative estimate of drug-likeness (QED) is 0.800. The minimum absolute atomic E-state index is 0. The predicted octanol–water partition coefficient (Wildman–Crippen LogP) is 2.46. The normalized spacial score (nSPS) is 17.0. The fourth-order valence-corrected chi connectivity index (χ4v) is 2.39. The van der Waals surface area contributed by atoms with Gasteiger partial charge in [-0.05, 0) is 44.0 Å². The molecule has 5 nitrogen and oxygen atoms in total.